The van der Waals surface area contributed by atoms with Gasteiger partial charge in [-0.25, -0.2) is 5.43 Å². The molecule has 0 aromatic heterocycles. The van der Waals surface area contributed by atoms with E-state index < -0.39 is 0 Å². The van der Waals surface area contributed by atoms with Gasteiger partial charge in [-0.2, -0.15) is 5.10 Å². The topological polar surface area (TPSA) is 70.9 Å². The lowest BCUT2D eigenvalue weighted by atomic mass is 10.2. The first-order valence-electron chi connectivity index (χ1n) is 6.66. The minimum Gasteiger partial charge on any atom is -0.508 e. The zero-order chi connectivity index (χ0) is 15.8. The molecule has 5 nitrogen and oxygen atoms in total. The number of rotatable bonds is 6. The van der Waals surface area contributed by atoms with Crippen molar-refractivity contribution in [1.82, 2.24) is 5.43 Å². The number of para-hydroxylation sites is 1. The Hall–Kier alpha value is -3.08. The maximum absolute atomic E-state index is 12.1. The molecular formula is C17H16N2O3. The number of phenolic OH excluding ortho intramolecular Hbond substituents is 1. The Balaban J connectivity index is 2.04. The Morgan fingerprint density at radius 3 is 2.86 bits per heavy atom. The third kappa shape index (κ3) is 4.21. The molecule has 0 fully saturated rings. The van der Waals surface area contributed by atoms with E-state index in [9.17, 15) is 9.90 Å². The fraction of sp³-hybridized carbons (Fsp3) is 0.0588. The average Bonchev–Trinajstić information content (AvgIpc) is 2.53. The normalized spacial score (nSPS) is 10.4. The van der Waals surface area contributed by atoms with Crippen LogP contribution in [0.5, 0.6) is 11.5 Å². The van der Waals surface area contributed by atoms with Gasteiger partial charge in [0.15, 0.2) is 0 Å². The summed E-state index contributed by atoms with van der Waals surface area (Å²) >= 11 is 0. The van der Waals surface area contributed by atoms with Crippen molar-refractivity contribution in [1.29, 1.82) is 0 Å². The highest BCUT2D eigenvalue weighted by Gasteiger charge is 2.10. The largest absolute Gasteiger partial charge is 0.508 e. The van der Waals surface area contributed by atoms with Crippen LogP contribution in [-0.2, 0) is 0 Å². The van der Waals surface area contributed by atoms with Gasteiger partial charge in [-0.1, -0.05) is 36.9 Å². The van der Waals surface area contributed by atoms with Crippen LogP contribution in [0.2, 0.25) is 0 Å². The first-order chi connectivity index (χ1) is 10.7. The Morgan fingerprint density at radius 1 is 1.27 bits per heavy atom. The van der Waals surface area contributed by atoms with Crippen LogP contribution >= 0.6 is 0 Å². The highest BCUT2D eigenvalue weighted by Crippen LogP contribution is 2.17. The number of amides is 1. The smallest absolute Gasteiger partial charge is 0.275 e. The minimum atomic E-state index is -0.379. The molecule has 0 spiro atoms. The second-order valence-corrected chi connectivity index (χ2v) is 4.39. The number of aromatic hydroxyl groups is 1. The number of carbonyl (C=O) groups is 1. The molecule has 2 aromatic carbocycles. The monoisotopic (exact) mass is 296 g/mol. The van der Waals surface area contributed by atoms with E-state index in [0.29, 0.717) is 23.5 Å². The number of hydrogen-bond acceptors (Lipinski definition) is 4. The van der Waals surface area contributed by atoms with Crippen LogP contribution in [0.1, 0.15) is 15.9 Å². The quantitative estimate of drug-likeness (QED) is 0.489. The summed E-state index contributed by atoms with van der Waals surface area (Å²) in [6.45, 7) is 3.89. The van der Waals surface area contributed by atoms with Crippen molar-refractivity contribution in [2.45, 2.75) is 0 Å². The molecule has 0 bridgehead atoms. The molecule has 0 aliphatic heterocycles. The molecule has 0 unspecified atom stereocenters. The first kappa shape index (κ1) is 15.3. The van der Waals surface area contributed by atoms with E-state index in [1.54, 1.807) is 48.5 Å². The molecule has 0 aliphatic carbocycles. The predicted molar refractivity (Wildman–Crippen MR) is 85.3 cm³/mol. The maximum Gasteiger partial charge on any atom is 0.275 e. The molecule has 112 valence electrons. The number of hydrazone groups is 1. The third-order valence-electron chi connectivity index (χ3n) is 2.74. The lowest BCUT2D eigenvalue weighted by Crippen LogP contribution is -2.18. The van der Waals surface area contributed by atoms with Crippen LogP contribution < -0.4 is 10.2 Å². The lowest BCUT2D eigenvalue weighted by Gasteiger charge is -2.08. The summed E-state index contributed by atoms with van der Waals surface area (Å²) in [5, 5.41) is 13.2. The molecule has 2 rings (SSSR count). The molecular weight excluding hydrogens is 280 g/mol. The Morgan fingerprint density at radius 2 is 2.09 bits per heavy atom. The van der Waals surface area contributed by atoms with Crippen molar-refractivity contribution in [2.75, 3.05) is 6.61 Å². The summed E-state index contributed by atoms with van der Waals surface area (Å²) in [5.74, 6) is 0.224. The minimum absolute atomic E-state index is 0.137. The summed E-state index contributed by atoms with van der Waals surface area (Å²) < 4.78 is 5.42. The molecule has 0 atom stereocenters. The van der Waals surface area contributed by atoms with Gasteiger partial charge in [0, 0.05) is 0 Å². The van der Waals surface area contributed by atoms with Gasteiger partial charge in [0.05, 0.1) is 11.8 Å². The van der Waals surface area contributed by atoms with Gasteiger partial charge >= 0.3 is 0 Å². The summed E-state index contributed by atoms with van der Waals surface area (Å²) in [6, 6.07) is 13.4. The molecule has 1 amide bonds. The number of nitrogens with one attached hydrogen (secondary N) is 1. The van der Waals surface area contributed by atoms with Gasteiger partial charge in [0.1, 0.15) is 18.1 Å². The summed E-state index contributed by atoms with van der Waals surface area (Å²) in [5.41, 5.74) is 3.49. The maximum atomic E-state index is 12.1. The highest BCUT2D eigenvalue weighted by atomic mass is 16.5. The second kappa shape index (κ2) is 7.64. The van der Waals surface area contributed by atoms with Crippen LogP contribution in [0.3, 0.4) is 0 Å². The number of phenols is 1. The number of nitrogens with zero attached hydrogens (tertiary/aromatic N) is 1. The number of ether oxygens (including phenoxy) is 1. The van der Waals surface area contributed by atoms with Crippen molar-refractivity contribution < 1.29 is 14.6 Å². The fourth-order valence-electron chi connectivity index (χ4n) is 1.76. The van der Waals surface area contributed by atoms with Crippen molar-refractivity contribution in [3.05, 3.63) is 72.3 Å². The summed E-state index contributed by atoms with van der Waals surface area (Å²) in [7, 11) is 0. The van der Waals surface area contributed by atoms with Crippen molar-refractivity contribution in [3.8, 4) is 11.5 Å². The standard InChI is InChI=1S/C17H16N2O3/c1-2-10-22-16-9-4-3-8-15(16)17(21)19-18-12-13-6-5-7-14(20)11-13/h2-9,11-12,20H,1,10H2,(H,19,21)/b18-12+. The van der Waals surface area contributed by atoms with E-state index in [1.165, 1.54) is 12.3 Å². The van der Waals surface area contributed by atoms with E-state index in [2.05, 4.69) is 17.1 Å². The highest BCUT2D eigenvalue weighted by molar-refractivity contribution is 5.97. The molecule has 0 saturated heterocycles. The van der Waals surface area contributed by atoms with Crippen LogP contribution in [0, 0.1) is 0 Å². The number of benzene rings is 2. The van der Waals surface area contributed by atoms with Gasteiger partial charge in [-0.15, -0.1) is 0 Å². The zero-order valence-electron chi connectivity index (χ0n) is 11.9. The molecule has 22 heavy (non-hydrogen) atoms. The Labute approximate surface area is 128 Å². The third-order valence-corrected chi connectivity index (χ3v) is 2.74. The van der Waals surface area contributed by atoms with Crippen LogP contribution in [0.15, 0.2) is 66.3 Å². The van der Waals surface area contributed by atoms with Gasteiger partial charge in [-0.05, 0) is 29.8 Å². The van der Waals surface area contributed by atoms with Gasteiger partial charge in [0.2, 0.25) is 0 Å². The van der Waals surface area contributed by atoms with Crippen molar-refractivity contribution >= 4 is 12.1 Å². The number of hydrogen-bond donors (Lipinski definition) is 2. The van der Waals surface area contributed by atoms with Gasteiger partial charge < -0.3 is 9.84 Å². The Kier molecular flexibility index (Phi) is 5.31. The molecule has 0 heterocycles. The lowest BCUT2D eigenvalue weighted by molar-refractivity contribution is 0.0951. The van der Waals surface area contributed by atoms with E-state index in [-0.39, 0.29) is 11.7 Å². The fourth-order valence-corrected chi connectivity index (χ4v) is 1.76. The van der Waals surface area contributed by atoms with Gasteiger partial charge in [0.25, 0.3) is 5.91 Å². The van der Waals surface area contributed by atoms with Crippen molar-refractivity contribution in [2.24, 2.45) is 5.10 Å². The van der Waals surface area contributed by atoms with E-state index in [1.807, 2.05) is 0 Å². The molecule has 2 N–H and O–H groups in total. The summed E-state index contributed by atoms with van der Waals surface area (Å²) in [6.07, 6.45) is 3.06. The number of carbonyl (C=O) groups excluding carboxylic acids is 1. The SMILES string of the molecule is C=CCOc1ccccc1C(=O)N/N=C/c1cccc(O)c1. The summed E-state index contributed by atoms with van der Waals surface area (Å²) in [4.78, 5) is 12.1. The molecule has 0 radical (unpaired) electrons. The molecule has 2 aromatic rings. The van der Waals surface area contributed by atoms with Crippen molar-refractivity contribution in [3.63, 3.8) is 0 Å². The first-order valence-corrected chi connectivity index (χ1v) is 6.66. The average molecular weight is 296 g/mol. The molecule has 0 aliphatic rings. The second-order valence-electron chi connectivity index (χ2n) is 4.39. The predicted octanol–water partition coefficient (Wildman–Crippen LogP) is 2.72. The van der Waals surface area contributed by atoms with E-state index in [4.69, 9.17) is 4.74 Å². The molecule has 0 saturated carbocycles. The zero-order valence-corrected chi connectivity index (χ0v) is 11.9. The van der Waals surface area contributed by atoms with Crippen LogP contribution in [0.4, 0.5) is 0 Å². The van der Waals surface area contributed by atoms with E-state index in [0.717, 1.165) is 0 Å². The van der Waals surface area contributed by atoms with Gasteiger partial charge in [-0.3, -0.25) is 4.79 Å². The van der Waals surface area contributed by atoms with E-state index >= 15 is 0 Å². The Bertz CT molecular complexity index is 696. The van der Waals surface area contributed by atoms with Crippen LogP contribution in [-0.4, -0.2) is 23.8 Å². The van der Waals surface area contributed by atoms with Crippen LogP contribution in [0.25, 0.3) is 0 Å². The molecule has 5 heteroatoms.